The van der Waals surface area contributed by atoms with Gasteiger partial charge in [-0.15, -0.1) is 0 Å². The molecule has 3 nitrogen and oxygen atoms in total. The SMILES string of the molecule is CCOC(=O)C1(c2cc(Cl)c(OCCF)c(-c3ccc(C(F)(F)F)cc3)c2)CC2(CC2)C1. The van der Waals surface area contributed by atoms with Crippen LogP contribution >= 0.6 is 11.6 Å². The normalized spacial score (nSPS) is 18.2. The molecule has 0 unspecified atom stereocenters. The molecule has 0 heterocycles. The summed E-state index contributed by atoms with van der Waals surface area (Å²) in [6.45, 7) is 0.981. The molecule has 0 radical (unpaired) electrons. The minimum absolute atomic E-state index is 0.164. The van der Waals surface area contributed by atoms with E-state index in [1.165, 1.54) is 12.1 Å². The number of esters is 1. The van der Waals surface area contributed by atoms with Crippen LogP contribution in [0.25, 0.3) is 11.1 Å². The molecule has 0 atom stereocenters. The molecule has 2 aromatic rings. The predicted octanol–water partition coefficient (Wildman–Crippen LogP) is 6.75. The van der Waals surface area contributed by atoms with Crippen LogP contribution in [0.3, 0.4) is 0 Å². The van der Waals surface area contributed by atoms with Gasteiger partial charge in [0.1, 0.15) is 19.0 Å². The van der Waals surface area contributed by atoms with Crippen molar-refractivity contribution in [1.29, 1.82) is 0 Å². The average Bonchev–Trinajstić information content (AvgIpc) is 3.51. The Morgan fingerprint density at radius 3 is 2.31 bits per heavy atom. The molecule has 2 aromatic carbocycles. The molecular formula is C24H23ClF4O3. The second-order valence-electron chi connectivity index (χ2n) is 8.60. The standard InChI is InChI=1S/C24H23ClF4O3/c1-2-31-21(30)23(13-22(14-23)7-8-22)17-11-18(20(19(25)12-17)32-10-9-26)15-3-5-16(6-4-15)24(27,28)29/h3-6,11-12H,2,7-10,13-14H2,1H3. The van der Waals surface area contributed by atoms with Crippen molar-refractivity contribution in [1.82, 2.24) is 0 Å². The van der Waals surface area contributed by atoms with Gasteiger partial charge in [0, 0.05) is 5.56 Å². The summed E-state index contributed by atoms with van der Waals surface area (Å²) in [6, 6.07) is 7.93. The summed E-state index contributed by atoms with van der Waals surface area (Å²) in [4.78, 5) is 13.0. The van der Waals surface area contributed by atoms with Gasteiger partial charge < -0.3 is 9.47 Å². The summed E-state index contributed by atoms with van der Waals surface area (Å²) in [5, 5.41) is 0.172. The fourth-order valence-electron chi connectivity index (χ4n) is 4.70. The molecule has 172 valence electrons. The molecule has 2 aliphatic carbocycles. The number of hydrogen-bond donors (Lipinski definition) is 0. The van der Waals surface area contributed by atoms with Crippen LogP contribution in [-0.4, -0.2) is 25.9 Å². The van der Waals surface area contributed by atoms with Crippen molar-refractivity contribution in [3.8, 4) is 16.9 Å². The number of hydrogen-bond acceptors (Lipinski definition) is 3. The van der Waals surface area contributed by atoms with E-state index in [0.29, 0.717) is 29.5 Å². The van der Waals surface area contributed by atoms with Gasteiger partial charge in [0.25, 0.3) is 0 Å². The van der Waals surface area contributed by atoms with Crippen molar-refractivity contribution >= 4 is 17.6 Å². The lowest BCUT2D eigenvalue weighted by Gasteiger charge is -2.47. The molecule has 2 fully saturated rings. The molecule has 0 amide bonds. The molecular weight excluding hydrogens is 448 g/mol. The predicted molar refractivity (Wildman–Crippen MR) is 113 cm³/mol. The number of alkyl halides is 4. The van der Waals surface area contributed by atoms with E-state index in [1.54, 1.807) is 19.1 Å². The molecule has 0 aromatic heterocycles. The van der Waals surface area contributed by atoms with Crippen LogP contribution in [0.15, 0.2) is 36.4 Å². The van der Waals surface area contributed by atoms with Crippen LogP contribution in [0.1, 0.15) is 43.7 Å². The summed E-state index contributed by atoms with van der Waals surface area (Å²) in [6.07, 6.45) is -1.06. The van der Waals surface area contributed by atoms with Gasteiger partial charge in [0.05, 0.1) is 22.6 Å². The molecule has 8 heteroatoms. The van der Waals surface area contributed by atoms with Gasteiger partial charge in [-0.1, -0.05) is 23.7 Å². The van der Waals surface area contributed by atoms with Crippen LogP contribution in [0.2, 0.25) is 5.02 Å². The third-order valence-electron chi connectivity index (χ3n) is 6.42. The zero-order valence-electron chi connectivity index (χ0n) is 17.5. The molecule has 0 saturated heterocycles. The van der Waals surface area contributed by atoms with Crippen LogP contribution < -0.4 is 4.74 Å². The van der Waals surface area contributed by atoms with Gasteiger partial charge in [-0.25, -0.2) is 4.39 Å². The quantitative estimate of drug-likeness (QED) is 0.331. The monoisotopic (exact) mass is 470 g/mol. The third kappa shape index (κ3) is 4.07. The Balaban J connectivity index is 1.80. The van der Waals surface area contributed by atoms with E-state index in [9.17, 15) is 22.4 Å². The Morgan fingerprint density at radius 1 is 1.12 bits per heavy atom. The maximum atomic E-state index is 13.0. The fourth-order valence-corrected chi connectivity index (χ4v) is 4.98. The van der Waals surface area contributed by atoms with Crippen LogP contribution in [0.5, 0.6) is 5.75 Å². The van der Waals surface area contributed by atoms with Gasteiger partial charge >= 0.3 is 12.1 Å². The molecule has 0 aliphatic heterocycles. The topological polar surface area (TPSA) is 35.5 Å². The van der Waals surface area contributed by atoms with Gasteiger partial charge in [-0.3, -0.25) is 4.79 Å². The van der Waals surface area contributed by atoms with E-state index < -0.39 is 23.8 Å². The molecule has 4 rings (SSSR count). The van der Waals surface area contributed by atoms with E-state index in [-0.39, 0.29) is 35.4 Å². The van der Waals surface area contributed by atoms with E-state index >= 15 is 0 Å². The number of carbonyl (C=O) groups is 1. The first kappa shape index (κ1) is 22.9. The van der Waals surface area contributed by atoms with Crippen molar-refractivity contribution < 1.29 is 31.8 Å². The lowest BCUT2D eigenvalue weighted by Crippen LogP contribution is -2.50. The zero-order valence-corrected chi connectivity index (χ0v) is 18.3. The Kier molecular flexibility index (Phi) is 5.90. The van der Waals surface area contributed by atoms with E-state index in [4.69, 9.17) is 21.1 Å². The van der Waals surface area contributed by atoms with Gasteiger partial charge in [0.2, 0.25) is 0 Å². The number of benzene rings is 2. The highest BCUT2D eigenvalue weighted by atomic mass is 35.5. The lowest BCUT2D eigenvalue weighted by molar-refractivity contribution is -0.157. The first-order valence-corrected chi connectivity index (χ1v) is 10.9. The molecule has 32 heavy (non-hydrogen) atoms. The van der Waals surface area contributed by atoms with E-state index in [0.717, 1.165) is 25.0 Å². The second-order valence-corrected chi connectivity index (χ2v) is 9.01. The van der Waals surface area contributed by atoms with Crippen molar-refractivity contribution in [2.45, 2.75) is 44.2 Å². The van der Waals surface area contributed by atoms with Crippen molar-refractivity contribution in [3.63, 3.8) is 0 Å². The smallest absolute Gasteiger partial charge is 0.416 e. The zero-order chi connectivity index (χ0) is 23.1. The number of halogens is 5. The maximum Gasteiger partial charge on any atom is 0.416 e. The Labute approximate surface area is 188 Å². The highest BCUT2D eigenvalue weighted by molar-refractivity contribution is 6.32. The minimum atomic E-state index is -4.47. The van der Waals surface area contributed by atoms with Crippen molar-refractivity contribution in [3.05, 3.63) is 52.5 Å². The van der Waals surface area contributed by atoms with Crippen LogP contribution in [0, 0.1) is 5.41 Å². The summed E-state index contributed by atoms with van der Waals surface area (Å²) >= 11 is 6.50. The first-order chi connectivity index (χ1) is 15.1. The Hall–Kier alpha value is -2.28. The van der Waals surface area contributed by atoms with Crippen LogP contribution in [0.4, 0.5) is 17.6 Å². The summed E-state index contributed by atoms with van der Waals surface area (Å²) in [5.41, 5.74) is 0.00517. The summed E-state index contributed by atoms with van der Waals surface area (Å²) in [5.74, 6) is -0.156. The highest BCUT2D eigenvalue weighted by Gasteiger charge is 2.65. The van der Waals surface area contributed by atoms with E-state index in [1.807, 2.05) is 0 Å². The van der Waals surface area contributed by atoms with Gasteiger partial charge in [-0.05, 0) is 73.4 Å². The molecule has 2 saturated carbocycles. The van der Waals surface area contributed by atoms with Crippen LogP contribution in [-0.2, 0) is 21.1 Å². The van der Waals surface area contributed by atoms with E-state index in [2.05, 4.69) is 0 Å². The molecule has 2 aliphatic rings. The maximum absolute atomic E-state index is 13.0. The first-order valence-electron chi connectivity index (χ1n) is 10.5. The highest BCUT2D eigenvalue weighted by Crippen LogP contribution is 2.69. The second kappa shape index (κ2) is 8.25. The largest absolute Gasteiger partial charge is 0.489 e. The molecule has 0 N–H and O–H groups in total. The fraction of sp³-hybridized carbons (Fsp3) is 0.458. The minimum Gasteiger partial charge on any atom is -0.489 e. The Bertz CT molecular complexity index is 1010. The van der Waals surface area contributed by atoms with Crippen molar-refractivity contribution in [2.24, 2.45) is 5.41 Å². The number of ether oxygens (including phenoxy) is 2. The average molecular weight is 471 g/mol. The van der Waals surface area contributed by atoms with Crippen molar-refractivity contribution in [2.75, 3.05) is 19.9 Å². The lowest BCUT2D eigenvalue weighted by atomic mass is 9.56. The number of rotatable bonds is 7. The van der Waals surface area contributed by atoms with Gasteiger partial charge in [0.15, 0.2) is 0 Å². The Morgan fingerprint density at radius 2 is 1.78 bits per heavy atom. The third-order valence-corrected chi connectivity index (χ3v) is 6.70. The summed E-state index contributed by atoms with van der Waals surface area (Å²) < 4.78 is 62.7. The molecule has 0 bridgehead atoms. The van der Waals surface area contributed by atoms with Gasteiger partial charge in [-0.2, -0.15) is 13.2 Å². The number of carbonyl (C=O) groups excluding carboxylic acids is 1. The molecule has 1 spiro atoms. The summed E-state index contributed by atoms with van der Waals surface area (Å²) in [7, 11) is 0.